The molecular formula is C24H30N4O4. The van der Waals surface area contributed by atoms with Crippen LogP contribution in [0, 0.1) is 17.2 Å². The third kappa shape index (κ3) is 4.93. The zero-order valence-corrected chi connectivity index (χ0v) is 19.1. The molecule has 0 fully saturated rings. The first-order chi connectivity index (χ1) is 15.4. The molecule has 3 rings (SSSR count). The van der Waals surface area contributed by atoms with Crippen LogP contribution in [0.15, 0.2) is 23.0 Å². The maximum Gasteiger partial charge on any atom is 0.285 e. The molecule has 1 N–H and O–H groups in total. The van der Waals surface area contributed by atoms with Crippen molar-refractivity contribution in [1.82, 2.24) is 15.1 Å². The van der Waals surface area contributed by atoms with Crippen LogP contribution in [0.4, 0.5) is 0 Å². The Hall–Kier alpha value is -3.34. The lowest BCUT2D eigenvalue weighted by molar-refractivity contribution is -0.123. The van der Waals surface area contributed by atoms with Gasteiger partial charge in [0.05, 0.1) is 24.9 Å². The summed E-state index contributed by atoms with van der Waals surface area (Å²) in [5.74, 6) is 1.11. The number of ether oxygens (including phenoxy) is 2. The number of hydrogen-bond donors (Lipinski definition) is 1. The van der Waals surface area contributed by atoms with E-state index in [0.29, 0.717) is 48.8 Å². The molecule has 1 atom stereocenters. The number of nitrogens with one attached hydrogen (secondary N) is 1. The van der Waals surface area contributed by atoms with Gasteiger partial charge in [0.15, 0.2) is 11.5 Å². The minimum atomic E-state index is -0.534. The minimum Gasteiger partial charge on any atom is -0.490 e. The van der Waals surface area contributed by atoms with Gasteiger partial charge in [-0.2, -0.15) is 10.4 Å². The smallest absolute Gasteiger partial charge is 0.285 e. The van der Waals surface area contributed by atoms with Crippen LogP contribution < -0.4 is 20.3 Å². The number of hydrogen-bond acceptors (Lipinski definition) is 6. The average Bonchev–Trinajstić information content (AvgIpc) is 3.03. The molecule has 1 aliphatic rings. The molecule has 2 aromatic rings. The highest BCUT2D eigenvalue weighted by Gasteiger charge is 2.23. The maximum absolute atomic E-state index is 12.9. The highest BCUT2D eigenvalue weighted by Crippen LogP contribution is 2.34. The SMILES string of the molecule is CCc1nn(CC(=O)NC(c2ccc3c(c2)OCCCO3)C(C)C)c(=O)c(C#N)c1CC. The van der Waals surface area contributed by atoms with Crippen LogP contribution in [0.1, 0.15) is 62.5 Å². The monoisotopic (exact) mass is 438 g/mol. The molecule has 0 spiro atoms. The molecule has 1 aliphatic heterocycles. The zero-order valence-electron chi connectivity index (χ0n) is 19.1. The van der Waals surface area contributed by atoms with E-state index in [9.17, 15) is 14.9 Å². The normalized spacial score (nSPS) is 13.9. The van der Waals surface area contributed by atoms with Crippen LogP contribution in [0.2, 0.25) is 0 Å². The third-order valence-electron chi connectivity index (χ3n) is 5.55. The second-order valence-electron chi connectivity index (χ2n) is 8.13. The van der Waals surface area contributed by atoms with E-state index in [1.54, 1.807) is 0 Å². The highest BCUT2D eigenvalue weighted by molar-refractivity contribution is 5.76. The maximum atomic E-state index is 12.9. The molecule has 0 bridgehead atoms. The van der Waals surface area contributed by atoms with Gasteiger partial charge in [0.25, 0.3) is 5.56 Å². The number of nitriles is 1. The van der Waals surface area contributed by atoms with Gasteiger partial charge in [-0.15, -0.1) is 0 Å². The second kappa shape index (κ2) is 10.3. The van der Waals surface area contributed by atoms with Gasteiger partial charge in [0, 0.05) is 6.42 Å². The van der Waals surface area contributed by atoms with Crippen molar-refractivity contribution in [3.8, 4) is 17.6 Å². The number of aromatic nitrogens is 2. The van der Waals surface area contributed by atoms with Crippen LogP contribution in [0.5, 0.6) is 11.5 Å². The largest absolute Gasteiger partial charge is 0.490 e. The molecule has 0 radical (unpaired) electrons. The highest BCUT2D eigenvalue weighted by atomic mass is 16.5. The quantitative estimate of drug-likeness (QED) is 0.712. The Morgan fingerprint density at radius 3 is 2.56 bits per heavy atom. The van der Waals surface area contributed by atoms with Gasteiger partial charge in [-0.25, -0.2) is 4.68 Å². The van der Waals surface area contributed by atoms with Crippen LogP contribution >= 0.6 is 0 Å². The standard InChI is InChI=1S/C24H30N4O4/c1-5-17-18(13-25)24(30)28(27-19(17)6-2)14-22(29)26-23(15(3)4)16-8-9-20-21(12-16)32-11-7-10-31-20/h8-9,12,15,23H,5-7,10-11,14H2,1-4H3,(H,26,29). The second-order valence-corrected chi connectivity index (χ2v) is 8.13. The van der Waals surface area contributed by atoms with E-state index in [0.717, 1.165) is 16.7 Å². The van der Waals surface area contributed by atoms with E-state index >= 15 is 0 Å². The number of carbonyl (C=O) groups excluding carboxylic acids is 1. The Bertz CT molecular complexity index is 1080. The van der Waals surface area contributed by atoms with Crippen LogP contribution in [0.3, 0.4) is 0 Å². The van der Waals surface area contributed by atoms with Gasteiger partial charge in [-0.05, 0) is 42.0 Å². The molecule has 1 unspecified atom stereocenters. The van der Waals surface area contributed by atoms with Gasteiger partial charge in [0.1, 0.15) is 18.2 Å². The summed E-state index contributed by atoms with van der Waals surface area (Å²) in [4.78, 5) is 25.6. The van der Waals surface area contributed by atoms with Gasteiger partial charge < -0.3 is 14.8 Å². The zero-order chi connectivity index (χ0) is 23.3. The first kappa shape index (κ1) is 23.3. The topological polar surface area (TPSA) is 106 Å². The lowest BCUT2D eigenvalue weighted by Crippen LogP contribution is -2.38. The molecule has 0 saturated heterocycles. The Kier molecular flexibility index (Phi) is 7.52. The fourth-order valence-corrected chi connectivity index (χ4v) is 3.90. The number of benzene rings is 1. The molecule has 170 valence electrons. The van der Waals surface area contributed by atoms with Crippen molar-refractivity contribution in [2.75, 3.05) is 13.2 Å². The van der Waals surface area contributed by atoms with Crippen LogP contribution in [0.25, 0.3) is 0 Å². The van der Waals surface area contributed by atoms with Gasteiger partial charge >= 0.3 is 0 Å². The number of nitrogens with zero attached hydrogens (tertiary/aromatic N) is 3. The molecule has 1 aromatic carbocycles. The molecule has 1 aromatic heterocycles. The summed E-state index contributed by atoms with van der Waals surface area (Å²) < 4.78 is 12.6. The van der Waals surface area contributed by atoms with E-state index in [1.807, 2.05) is 52.0 Å². The van der Waals surface area contributed by atoms with Gasteiger partial charge in [-0.3, -0.25) is 9.59 Å². The first-order valence-corrected chi connectivity index (χ1v) is 11.1. The van der Waals surface area contributed by atoms with Gasteiger partial charge in [0.2, 0.25) is 5.91 Å². The Morgan fingerprint density at radius 1 is 1.22 bits per heavy atom. The van der Waals surface area contributed by atoms with Crippen LogP contribution in [-0.4, -0.2) is 28.9 Å². The molecule has 32 heavy (non-hydrogen) atoms. The summed E-state index contributed by atoms with van der Waals surface area (Å²) in [5, 5.41) is 16.9. The van der Waals surface area contributed by atoms with Crippen molar-refractivity contribution in [2.45, 2.75) is 59.5 Å². The van der Waals surface area contributed by atoms with E-state index in [-0.39, 0.29) is 30.0 Å². The number of amides is 1. The summed E-state index contributed by atoms with van der Waals surface area (Å²) in [6.45, 7) is 8.76. The fraction of sp³-hybridized carbons (Fsp3) is 0.500. The molecule has 8 nitrogen and oxygen atoms in total. The van der Waals surface area contributed by atoms with Crippen molar-refractivity contribution < 1.29 is 14.3 Å². The number of fused-ring (bicyclic) bond motifs is 1. The van der Waals surface area contributed by atoms with Crippen molar-refractivity contribution in [3.05, 3.63) is 50.9 Å². The number of carbonyl (C=O) groups is 1. The number of rotatable bonds is 7. The molecule has 0 saturated carbocycles. The summed E-state index contributed by atoms with van der Waals surface area (Å²) in [7, 11) is 0. The van der Waals surface area contributed by atoms with Crippen molar-refractivity contribution >= 4 is 5.91 Å². The summed E-state index contributed by atoms with van der Waals surface area (Å²) in [6.07, 6.45) is 1.93. The van der Waals surface area contributed by atoms with E-state index < -0.39 is 5.56 Å². The Labute approximate surface area is 188 Å². The van der Waals surface area contributed by atoms with Crippen molar-refractivity contribution in [2.24, 2.45) is 5.92 Å². The van der Waals surface area contributed by atoms with E-state index in [1.165, 1.54) is 0 Å². The lowest BCUT2D eigenvalue weighted by atomic mass is 9.95. The first-order valence-electron chi connectivity index (χ1n) is 11.1. The summed E-state index contributed by atoms with van der Waals surface area (Å²) in [5.41, 5.74) is 1.75. The summed E-state index contributed by atoms with van der Waals surface area (Å²) >= 11 is 0. The van der Waals surface area contributed by atoms with Crippen molar-refractivity contribution in [1.29, 1.82) is 5.26 Å². The predicted octanol–water partition coefficient (Wildman–Crippen LogP) is 2.91. The van der Waals surface area contributed by atoms with Gasteiger partial charge in [-0.1, -0.05) is 33.8 Å². The predicted molar refractivity (Wildman–Crippen MR) is 120 cm³/mol. The molecule has 8 heteroatoms. The molecule has 0 aliphatic carbocycles. The average molecular weight is 439 g/mol. The molecular weight excluding hydrogens is 408 g/mol. The Balaban J connectivity index is 1.85. The van der Waals surface area contributed by atoms with Crippen LogP contribution in [-0.2, 0) is 24.2 Å². The molecule has 2 heterocycles. The fourth-order valence-electron chi connectivity index (χ4n) is 3.90. The minimum absolute atomic E-state index is 0.0652. The van der Waals surface area contributed by atoms with E-state index in [4.69, 9.17) is 9.47 Å². The van der Waals surface area contributed by atoms with Crippen molar-refractivity contribution in [3.63, 3.8) is 0 Å². The lowest BCUT2D eigenvalue weighted by Gasteiger charge is -2.24. The summed E-state index contributed by atoms with van der Waals surface area (Å²) in [6, 6.07) is 7.38. The third-order valence-corrected chi connectivity index (χ3v) is 5.55. The van der Waals surface area contributed by atoms with E-state index in [2.05, 4.69) is 10.4 Å². The molecule has 1 amide bonds. The number of aryl methyl sites for hydroxylation is 1. The Morgan fingerprint density at radius 2 is 1.94 bits per heavy atom.